The lowest BCUT2D eigenvalue weighted by Gasteiger charge is -2.27. The average molecular weight is 372 g/mol. The summed E-state index contributed by atoms with van der Waals surface area (Å²) in [6, 6.07) is 11.4. The normalized spacial score (nSPS) is 14.3. The highest BCUT2D eigenvalue weighted by atomic mass is 32.2. The third-order valence-electron chi connectivity index (χ3n) is 4.56. The van der Waals surface area contributed by atoms with Gasteiger partial charge in [-0.05, 0) is 54.7 Å². The maximum absolute atomic E-state index is 13.8. The molecule has 1 atom stereocenters. The molecule has 1 N–H and O–H groups in total. The SMILES string of the molecule is CSCC[C@@H](C(=O)Nc1ccc(C)c(F)c1)N1Cc2ccccc2C1=O. The summed E-state index contributed by atoms with van der Waals surface area (Å²) in [4.78, 5) is 27.2. The van der Waals surface area contributed by atoms with E-state index in [2.05, 4.69) is 5.32 Å². The molecule has 26 heavy (non-hydrogen) atoms. The highest BCUT2D eigenvalue weighted by Crippen LogP contribution is 2.26. The molecule has 0 unspecified atom stereocenters. The maximum atomic E-state index is 13.8. The van der Waals surface area contributed by atoms with Gasteiger partial charge in [0.05, 0.1) is 0 Å². The number of halogens is 1. The first kappa shape index (κ1) is 18.5. The third kappa shape index (κ3) is 3.75. The van der Waals surface area contributed by atoms with E-state index in [4.69, 9.17) is 0 Å². The molecule has 0 spiro atoms. The fourth-order valence-electron chi connectivity index (χ4n) is 3.08. The Labute approximate surface area is 156 Å². The predicted octanol–water partition coefficient (Wildman–Crippen LogP) is 3.85. The van der Waals surface area contributed by atoms with E-state index in [1.54, 1.807) is 41.8 Å². The van der Waals surface area contributed by atoms with E-state index in [9.17, 15) is 14.0 Å². The van der Waals surface area contributed by atoms with Gasteiger partial charge in [0.2, 0.25) is 5.91 Å². The molecule has 2 amide bonds. The molecule has 2 aromatic carbocycles. The topological polar surface area (TPSA) is 49.4 Å². The van der Waals surface area contributed by atoms with Crippen LogP contribution in [-0.2, 0) is 11.3 Å². The largest absolute Gasteiger partial charge is 0.324 e. The number of rotatable bonds is 6. The number of nitrogens with one attached hydrogen (secondary N) is 1. The van der Waals surface area contributed by atoms with Gasteiger partial charge in [-0.1, -0.05) is 24.3 Å². The van der Waals surface area contributed by atoms with Crippen LogP contribution in [0.25, 0.3) is 0 Å². The van der Waals surface area contributed by atoms with Crippen LogP contribution in [0, 0.1) is 12.7 Å². The van der Waals surface area contributed by atoms with Gasteiger partial charge in [0.1, 0.15) is 11.9 Å². The van der Waals surface area contributed by atoms with E-state index >= 15 is 0 Å². The second-order valence-corrected chi connectivity index (χ2v) is 7.33. The van der Waals surface area contributed by atoms with Crippen molar-refractivity contribution in [3.63, 3.8) is 0 Å². The number of benzene rings is 2. The van der Waals surface area contributed by atoms with Crippen molar-refractivity contribution in [2.45, 2.75) is 25.9 Å². The van der Waals surface area contributed by atoms with Crippen molar-refractivity contribution >= 4 is 29.3 Å². The van der Waals surface area contributed by atoms with Gasteiger partial charge in [0, 0.05) is 17.8 Å². The molecule has 0 fully saturated rings. The number of carbonyl (C=O) groups is 2. The Morgan fingerprint density at radius 3 is 2.77 bits per heavy atom. The monoisotopic (exact) mass is 372 g/mol. The Morgan fingerprint density at radius 2 is 2.08 bits per heavy atom. The molecule has 136 valence electrons. The van der Waals surface area contributed by atoms with Crippen LogP contribution >= 0.6 is 11.8 Å². The number of hydrogen-bond acceptors (Lipinski definition) is 3. The minimum atomic E-state index is -0.591. The number of carbonyl (C=O) groups excluding carboxylic acids is 2. The summed E-state index contributed by atoms with van der Waals surface area (Å²) in [5.74, 6) is -0.0333. The molecular formula is C20H21FN2O2S. The number of aryl methyl sites for hydroxylation is 1. The number of nitrogens with zero attached hydrogens (tertiary/aromatic N) is 1. The van der Waals surface area contributed by atoms with Gasteiger partial charge in [-0.25, -0.2) is 4.39 Å². The Kier molecular flexibility index (Phi) is 5.61. The Morgan fingerprint density at radius 1 is 1.31 bits per heavy atom. The zero-order valence-corrected chi connectivity index (χ0v) is 15.6. The molecule has 1 aliphatic rings. The quantitative estimate of drug-likeness (QED) is 0.838. The molecule has 1 heterocycles. The van der Waals surface area contributed by atoms with E-state index in [1.165, 1.54) is 6.07 Å². The van der Waals surface area contributed by atoms with E-state index in [0.717, 1.165) is 11.3 Å². The van der Waals surface area contributed by atoms with E-state index in [0.29, 0.717) is 29.8 Å². The highest BCUT2D eigenvalue weighted by Gasteiger charge is 2.35. The van der Waals surface area contributed by atoms with Crippen molar-refractivity contribution in [1.29, 1.82) is 0 Å². The maximum Gasteiger partial charge on any atom is 0.255 e. The summed E-state index contributed by atoms with van der Waals surface area (Å²) in [5.41, 5.74) is 2.50. The minimum Gasteiger partial charge on any atom is -0.324 e. The molecule has 2 aromatic rings. The molecule has 0 saturated carbocycles. The first-order valence-electron chi connectivity index (χ1n) is 8.46. The molecule has 0 saturated heterocycles. The van der Waals surface area contributed by atoms with Gasteiger partial charge in [-0.15, -0.1) is 0 Å². The smallest absolute Gasteiger partial charge is 0.255 e. The van der Waals surface area contributed by atoms with Crippen molar-refractivity contribution in [3.8, 4) is 0 Å². The average Bonchev–Trinajstić information content (AvgIpc) is 2.96. The number of anilines is 1. The Balaban J connectivity index is 1.80. The predicted molar refractivity (Wildman–Crippen MR) is 103 cm³/mol. The molecular weight excluding hydrogens is 351 g/mol. The molecule has 4 nitrogen and oxygen atoms in total. The fraction of sp³-hybridized carbons (Fsp3) is 0.300. The van der Waals surface area contributed by atoms with Gasteiger partial charge in [0.25, 0.3) is 5.91 Å². The summed E-state index contributed by atoms with van der Waals surface area (Å²) in [7, 11) is 0. The van der Waals surface area contributed by atoms with Crippen LogP contribution in [-0.4, -0.2) is 34.8 Å². The van der Waals surface area contributed by atoms with Gasteiger partial charge in [-0.3, -0.25) is 9.59 Å². The number of amides is 2. The molecule has 3 rings (SSSR count). The van der Waals surface area contributed by atoms with E-state index in [-0.39, 0.29) is 17.6 Å². The van der Waals surface area contributed by atoms with Gasteiger partial charge in [0.15, 0.2) is 0 Å². The zero-order valence-electron chi connectivity index (χ0n) is 14.8. The van der Waals surface area contributed by atoms with E-state index in [1.807, 2.05) is 24.5 Å². The van der Waals surface area contributed by atoms with Crippen molar-refractivity contribution in [2.75, 3.05) is 17.3 Å². The number of fused-ring (bicyclic) bond motifs is 1. The summed E-state index contributed by atoms with van der Waals surface area (Å²) in [6.07, 6.45) is 2.51. The summed E-state index contributed by atoms with van der Waals surface area (Å²) >= 11 is 1.62. The lowest BCUT2D eigenvalue weighted by molar-refractivity contribution is -0.120. The Bertz CT molecular complexity index is 840. The van der Waals surface area contributed by atoms with Gasteiger partial charge in [-0.2, -0.15) is 11.8 Å². The van der Waals surface area contributed by atoms with Crippen molar-refractivity contribution in [1.82, 2.24) is 4.90 Å². The van der Waals surface area contributed by atoms with Crippen LogP contribution < -0.4 is 5.32 Å². The Hall–Kier alpha value is -2.34. The lowest BCUT2D eigenvalue weighted by Crippen LogP contribution is -2.44. The molecule has 0 radical (unpaired) electrons. The number of hydrogen-bond donors (Lipinski definition) is 1. The summed E-state index contributed by atoms with van der Waals surface area (Å²) in [5, 5.41) is 2.76. The summed E-state index contributed by atoms with van der Waals surface area (Å²) in [6.45, 7) is 2.09. The van der Waals surface area contributed by atoms with Crippen LogP contribution in [0.5, 0.6) is 0 Å². The van der Waals surface area contributed by atoms with Gasteiger partial charge < -0.3 is 10.2 Å². The van der Waals surface area contributed by atoms with Crippen molar-refractivity contribution < 1.29 is 14.0 Å². The van der Waals surface area contributed by atoms with Crippen molar-refractivity contribution in [3.05, 3.63) is 65.0 Å². The zero-order chi connectivity index (χ0) is 18.7. The molecule has 1 aliphatic heterocycles. The van der Waals surface area contributed by atoms with Crippen LogP contribution in [0.4, 0.5) is 10.1 Å². The third-order valence-corrected chi connectivity index (χ3v) is 5.21. The number of thioether (sulfide) groups is 1. The van der Waals surface area contributed by atoms with Crippen LogP contribution in [0.15, 0.2) is 42.5 Å². The van der Waals surface area contributed by atoms with Crippen molar-refractivity contribution in [2.24, 2.45) is 0 Å². The van der Waals surface area contributed by atoms with E-state index < -0.39 is 6.04 Å². The lowest BCUT2D eigenvalue weighted by atomic mass is 10.1. The van der Waals surface area contributed by atoms with Crippen LogP contribution in [0.3, 0.4) is 0 Å². The molecule has 0 aromatic heterocycles. The van der Waals surface area contributed by atoms with Gasteiger partial charge >= 0.3 is 0 Å². The molecule has 0 aliphatic carbocycles. The summed E-state index contributed by atoms with van der Waals surface area (Å²) < 4.78 is 13.8. The first-order chi connectivity index (χ1) is 12.5. The second-order valence-electron chi connectivity index (χ2n) is 6.34. The van der Waals surface area contributed by atoms with Crippen LogP contribution in [0.1, 0.15) is 27.9 Å². The molecule has 6 heteroatoms. The molecule has 0 bridgehead atoms. The van der Waals surface area contributed by atoms with Crippen LogP contribution in [0.2, 0.25) is 0 Å². The second kappa shape index (κ2) is 7.91. The minimum absolute atomic E-state index is 0.128. The highest BCUT2D eigenvalue weighted by molar-refractivity contribution is 7.98. The first-order valence-corrected chi connectivity index (χ1v) is 9.85. The standard InChI is InChI=1S/C20H21FN2O2S/c1-13-7-8-15(11-17(13)21)22-19(24)18(9-10-26-2)23-12-14-5-3-4-6-16(14)20(23)25/h3-8,11,18H,9-10,12H2,1-2H3,(H,22,24)/t18-/m0/s1. The fourth-order valence-corrected chi connectivity index (χ4v) is 3.54.